The van der Waals surface area contributed by atoms with Crippen LogP contribution in [0.15, 0.2) is 24.3 Å². The minimum absolute atomic E-state index is 0.562. The first-order valence-corrected chi connectivity index (χ1v) is 6.81. The van der Waals surface area contributed by atoms with E-state index in [4.69, 9.17) is 5.73 Å². The van der Waals surface area contributed by atoms with Gasteiger partial charge in [-0.25, -0.2) is 0 Å². The molecule has 0 spiro atoms. The lowest BCUT2D eigenvalue weighted by atomic mass is 9.97. The zero-order chi connectivity index (χ0) is 12.4. The summed E-state index contributed by atoms with van der Waals surface area (Å²) in [6.07, 6.45) is 1.16. The molecule has 0 saturated carbocycles. The van der Waals surface area contributed by atoms with Crippen LogP contribution < -0.4 is 5.73 Å². The Morgan fingerprint density at radius 2 is 2.00 bits per heavy atom. The third-order valence-electron chi connectivity index (χ3n) is 3.11. The number of halogens is 1. The van der Waals surface area contributed by atoms with Crippen LogP contribution in [-0.4, -0.2) is 10.2 Å². The Morgan fingerprint density at radius 3 is 2.47 bits per heavy atom. The van der Waals surface area contributed by atoms with Crippen LogP contribution in [0.1, 0.15) is 31.7 Å². The van der Waals surface area contributed by atoms with Crippen molar-refractivity contribution in [3.8, 4) is 11.3 Å². The molecule has 3 N–H and O–H groups in total. The van der Waals surface area contributed by atoms with Gasteiger partial charge in [-0.2, -0.15) is 5.10 Å². The van der Waals surface area contributed by atoms with Crippen molar-refractivity contribution < 1.29 is 0 Å². The van der Waals surface area contributed by atoms with Gasteiger partial charge in [-0.3, -0.25) is 5.10 Å². The Hall–Kier alpha value is -1.04. The van der Waals surface area contributed by atoms with Crippen LogP contribution in [0.2, 0.25) is 0 Å². The van der Waals surface area contributed by atoms with Gasteiger partial charge >= 0.3 is 0 Å². The number of aromatic nitrogens is 2. The van der Waals surface area contributed by atoms with Gasteiger partial charge in [0.1, 0.15) is 0 Å². The zero-order valence-electron chi connectivity index (χ0n) is 10.00. The quantitative estimate of drug-likeness (QED) is 0.835. The topological polar surface area (TPSA) is 54.7 Å². The number of rotatable bonds is 3. The van der Waals surface area contributed by atoms with Crippen molar-refractivity contribution in [1.29, 1.82) is 0 Å². The first-order valence-electron chi connectivity index (χ1n) is 5.73. The number of aromatic amines is 1. The molecule has 1 aromatic carbocycles. The second kappa shape index (κ2) is 5.08. The maximum atomic E-state index is 5.73. The summed E-state index contributed by atoms with van der Waals surface area (Å²) in [5.74, 6) is 1.17. The van der Waals surface area contributed by atoms with Gasteiger partial charge in [0, 0.05) is 5.56 Å². The standard InChI is InChI=1S/C13H16IN3/c1-3-8(2)9-4-6-10(7-5-9)12-11(14)13(15)17-16-12/h4-8H,3H2,1-2H3,(H3,15,16,17). The first kappa shape index (κ1) is 12.4. The lowest BCUT2D eigenvalue weighted by Crippen LogP contribution is -1.91. The molecule has 4 heteroatoms. The van der Waals surface area contributed by atoms with Gasteiger partial charge in [0.2, 0.25) is 0 Å². The molecule has 0 aliphatic heterocycles. The number of benzene rings is 1. The highest BCUT2D eigenvalue weighted by molar-refractivity contribution is 14.1. The Morgan fingerprint density at radius 1 is 1.35 bits per heavy atom. The van der Waals surface area contributed by atoms with E-state index in [1.807, 2.05) is 0 Å². The molecule has 0 amide bonds. The van der Waals surface area contributed by atoms with Crippen LogP contribution in [-0.2, 0) is 0 Å². The number of nitrogens with zero attached hydrogens (tertiary/aromatic N) is 1. The second-order valence-corrected chi connectivity index (χ2v) is 5.31. The lowest BCUT2D eigenvalue weighted by molar-refractivity contribution is 0.734. The Kier molecular flexibility index (Phi) is 3.71. The number of nitrogens with one attached hydrogen (secondary N) is 1. The number of anilines is 1. The van der Waals surface area contributed by atoms with Crippen LogP contribution in [0.3, 0.4) is 0 Å². The van der Waals surface area contributed by atoms with Crippen LogP contribution >= 0.6 is 22.6 Å². The third-order valence-corrected chi connectivity index (χ3v) is 4.21. The summed E-state index contributed by atoms with van der Waals surface area (Å²) in [6.45, 7) is 4.45. The normalized spacial score (nSPS) is 12.6. The molecule has 1 heterocycles. The van der Waals surface area contributed by atoms with Crippen LogP contribution in [0.25, 0.3) is 11.3 Å². The first-order chi connectivity index (χ1) is 8.13. The van der Waals surface area contributed by atoms with Crippen LogP contribution in [0, 0.1) is 3.57 Å². The molecule has 2 aromatic rings. The lowest BCUT2D eigenvalue weighted by Gasteiger charge is -2.09. The fourth-order valence-corrected chi connectivity index (χ4v) is 2.30. The van der Waals surface area contributed by atoms with Gasteiger partial charge in [-0.15, -0.1) is 0 Å². The van der Waals surface area contributed by atoms with Crippen molar-refractivity contribution in [2.24, 2.45) is 0 Å². The van der Waals surface area contributed by atoms with Crippen molar-refractivity contribution in [3.63, 3.8) is 0 Å². The van der Waals surface area contributed by atoms with Gasteiger partial charge < -0.3 is 5.73 Å². The molecule has 0 bridgehead atoms. The average Bonchev–Trinajstić information content (AvgIpc) is 2.69. The highest BCUT2D eigenvalue weighted by Gasteiger charge is 2.10. The molecule has 3 nitrogen and oxygen atoms in total. The molecule has 0 fully saturated rings. The maximum Gasteiger partial charge on any atom is 0.159 e. The SMILES string of the molecule is CCC(C)c1ccc(-c2[nH]nc(N)c2I)cc1. The van der Waals surface area contributed by atoms with E-state index in [1.54, 1.807) is 0 Å². The summed E-state index contributed by atoms with van der Waals surface area (Å²) in [4.78, 5) is 0. The molecule has 0 aliphatic carbocycles. The van der Waals surface area contributed by atoms with Gasteiger partial charge in [0.15, 0.2) is 5.82 Å². The number of hydrogen-bond donors (Lipinski definition) is 2. The maximum absolute atomic E-state index is 5.73. The van der Waals surface area contributed by atoms with E-state index in [2.05, 4.69) is 70.9 Å². The summed E-state index contributed by atoms with van der Waals surface area (Å²) >= 11 is 2.21. The molecule has 0 aliphatic rings. The fourth-order valence-electron chi connectivity index (χ4n) is 1.75. The number of hydrogen-bond acceptors (Lipinski definition) is 2. The Bertz CT molecular complexity index is 502. The van der Waals surface area contributed by atoms with Gasteiger partial charge in [0.05, 0.1) is 9.26 Å². The van der Waals surface area contributed by atoms with E-state index in [0.29, 0.717) is 11.7 Å². The molecule has 1 atom stereocenters. The monoisotopic (exact) mass is 341 g/mol. The van der Waals surface area contributed by atoms with Gasteiger partial charge in [-0.1, -0.05) is 38.1 Å². The number of nitrogen functional groups attached to an aromatic ring is 1. The predicted octanol–water partition coefficient (Wildman–Crippen LogP) is 3.78. The molecule has 0 saturated heterocycles. The number of H-pyrrole nitrogens is 1. The molecular weight excluding hydrogens is 325 g/mol. The Balaban J connectivity index is 2.32. The minimum atomic E-state index is 0.562. The predicted molar refractivity (Wildman–Crippen MR) is 79.9 cm³/mol. The smallest absolute Gasteiger partial charge is 0.159 e. The largest absolute Gasteiger partial charge is 0.381 e. The molecule has 0 radical (unpaired) electrons. The highest BCUT2D eigenvalue weighted by atomic mass is 127. The second-order valence-electron chi connectivity index (χ2n) is 4.23. The summed E-state index contributed by atoms with van der Waals surface area (Å²) < 4.78 is 0.985. The van der Waals surface area contributed by atoms with Crippen molar-refractivity contribution in [3.05, 3.63) is 33.4 Å². The van der Waals surface area contributed by atoms with Crippen LogP contribution in [0.5, 0.6) is 0 Å². The molecule has 2 rings (SSSR count). The van der Waals surface area contributed by atoms with Gasteiger partial charge in [0.25, 0.3) is 0 Å². The zero-order valence-corrected chi connectivity index (χ0v) is 12.2. The third kappa shape index (κ3) is 2.46. The molecule has 1 aromatic heterocycles. The van der Waals surface area contributed by atoms with Crippen molar-refractivity contribution in [2.75, 3.05) is 5.73 Å². The Labute approximate surface area is 115 Å². The van der Waals surface area contributed by atoms with E-state index in [-0.39, 0.29) is 0 Å². The number of nitrogens with two attached hydrogens (primary N) is 1. The highest BCUT2D eigenvalue weighted by Crippen LogP contribution is 2.28. The van der Waals surface area contributed by atoms with Crippen molar-refractivity contribution >= 4 is 28.4 Å². The fraction of sp³-hybridized carbons (Fsp3) is 0.308. The van der Waals surface area contributed by atoms with Crippen molar-refractivity contribution in [1.82, 2.24) is 10.2 Å². The van der Waals surface area contributed by atoms with Crippen molar-refractivity contribution in [2.45, 2.75) is 26.2 Å². The average molecular weight is 341 g/mol. The van der Waals surface area contributed by atoms with E-state index in [1.165, 1.54) is 5.56 Å². The van der Waals surface area contributed by atoms with E-state index in [0.717, 1.165) is 21.2 Å². The molecule has 1 unspecified atom stereocenters. The van der Waals surface area contributed by atoms with E-state index in [9.17, 15) is 0 Å². The van der Waals surface area contributed by atoms with Crippen LogP contribution in [0.4, 0.5) is 5.82 Å². The summed E-state index contributed by atoms with van der Waals surface area (Å²) in [5, 5.41) is 6.98. The molecular formula is C13H16IN3. The molecule has 17 heavy (non-hydrogen) atoms. The van der Waals surface area contributed by atoms with E-state index < -0.39 is 0 Å². The summed E-state index contributed by atoms with van der Waals surface area (Å²) in [5.41, 5.74) is 9.23. The molecule has 90 valence electrons. The minimum Gasteiger partial charge on any atom is -0.381 e. The summed E-state index contributed by atoms with van der Waals surface area (Å²) in [7, 11) is 0. The summed E-state index contributed by atoms with van der Waals surface area (Å²) in [6, 6.07) is 8.60. The van der Waals surface area contributed by atoms with E-state index >= 15 is 0 Å². The van der Waals surface area contributed by atoms with Gasteiger partial charge in [-0.05, 0) is 40.5 Å².